The van der Waals surface area contributed by atoms with E-state index in [1.807, 2.05) is 20.8 Å². The molecule has 6 nitrogen and oxygen atoms in total. The highest BCUT2D eigenvalue weighted by Gasteiger charge is 2.21. The lowest BCUT2D eigenvalue weighted by atomic mass is 9.60. The van der Waals surface area contributed by atoms with Gasteiger partial charge in [-0.15, -0.1) is 16.4 Å². The molecular weight excluding hydrogens is 381 g/mol. The predicted molar refractivity (Wildman–Crippen MR) is 129 cm³/mol. The van der Waals surface area contributed by atoms with Crippen molar-refractivity contribution in [2.45, 2.75) is 26.2 Å². The number of benzene rings is 1. The molecule has 0 aliphatic carbocycles. The Hall–Kier alpha value is -2.76. The maximum absolute atomic E-state index is 12.7. The standard InChI is InChI=1S/C19H14B6N4O2/c1-19(2,3)16-14(26-5-27-16)13(25)15-18(31)28-7(17(30)29-15)4-6-8(20)10(22)12(24)11(23)9(6)21/h4-5H,1-3H3,(H,26,27)(H,28,31)(H,29,30)/b7-4-,15-13+. The summed E-state index contributed by atoms with van der Waals surface area (Å²) in [6.45, 7) is 5.88. The number of hydrogen-bond acceptors (Lipinski definition) is 3. The number of H-pyrrole nitrogens is 3. The highest BCUT2D eigenvalue weighted by molar-refractivity contribution is 6.67. The quantitative estimate of drug-likeness (QED) is 0.378. The van der Waals surface area contributed by atoms with Gasteiger partial charge in [0.25, 0.3) is 11.1 Å². The topological polar surface area (TPSA) is 94.4 Å². The molecule has 3 aromatic rings. The summed E-state index contributed by atoms with van der Waals surface area (Å²) in [5, 5.41) is -0.251. The first kappa shape index (κ1) is 22.9. The minimum Gasteiger partial charge on any atom is -0.348 e. The van der Waals surface area contributed by atoms with E-state index in [2.05, 4.69) is 19.9 Å². The van der Waals surface area contributed by atoms with Crippen LogP contribution in [-0.2, 0) is 5.41 Å². The van der Waals surface area contributed by atoms with Crippen LogP contribution in [0.25, 0.3) is 11.5 Å². The molecule has 0 amide bonds. The molecule has 0 fully saturated rings. The van der Waals surface area contributed by atoms with Crippen LogP contribution in [0, 0.1) is 0 Å². The van der Waals surface area contributed by atoms with Crippen LogP contribution >= 0.6 is 0 Å². The maximum atomic E-state index is 12.7. The Labute approximate surface area is 186 Å². The first-order valence-corrected chi connectivity index (χ1v) is 9.24. The molecule has 2 aromatic heterocycles. The Kier molecular flexibility index (Phi) is 5.96. The van der Waals surface area contributed by atoms with Crippen LogP contribution in [0.4, 0.5) is 0 Å². The van der Waals surface area contributed by atoms with Crippen LogP contribution in [0.15, 0.2) is 15.9 Å². The van der Waals surface area contributed by atoms with Crippen molar-refractivity contribution in [2.24, 2.45) is 0 Å². The molecule has 0 unspecified atom stereocenters. The number of aromatic amines is 3. The zero-order valence-corrected chi connectivity index (χ0v) is 17.4. The monoisotopic (exact) mass is 396 g/mol. The van der Waals surface area contributed by atoms with Gasteiger partial charge in [0.2, 0.25) is 0 Å². The molecular formula is C19H14B6N4O2. The summed E-state index contributed by atoms with van der Waals surface area (Å²) in [7, 11) is 35.6. The summed E-state index contributed by atoms with van der Waals surface area (Å²) in [6.07, 6.45) is 2.74. The summed E-state index contributed by atoms with van der Waals surface area (Å²) < 4.78 is 0. The van der Waals surface area contributed by atoms with E-state index in [4.69, 9.17) is 47.1 Å². The minimum absolute atomic E-state index is 0.0241. The molecule has 0 atom stereocenters. The highest BCUT2D eigenvalue weighted by atomic mass is 16.1. The molecule has 0 spiro atoms. The maximum Gasteiger partial charge on any atom is 0.272 e. The first-order chi connectivity index (χ1) is 14.3. The second kappa shape index (κ2) is 8.06. The van der Waals surface area contributed by atoms with Crippen molar-refractivity contribution >= 4 is 85.9 Å². The molecule has 0 aliphatic heterocycles. The second-order valence-electron chi connectivity index (χ2n) is 8.11. The highest BCUT2D eigenvalue weighted by Crippen LogP contribution is 2.24. The second-order valence-corrected chi connectivity index (χ2v) is 8.11. The molecule has 3 rings (SSSR count). The van der Waals surface area contributed by atoms with Gasteiger partial charge in [-0.25, -0.2) is 4.98 Å². The van der Waals surface area contributed by atoms with Crippen molar-refractivity contribution < 1.29 is 0 Å². The van der Waals surface area contributed by atoms with Crippen LogP contribution in [0.3, 0.4) is 0 Å². The summed E-state index contributed by atoms with van der Waals surface area (Å²) in [5.74, 6) is 0. The molecule has 0 bridgehead atoms. The van der Waals surface area contributed by atoms with E-state index in [1.54, 1.807) is 0 Å². The van der Waals surface area contributed by atoms with Crippen LogP contribution in [0.5, 0.6) is 0 Å². The normalized spacial score (nSPS) is 13.5. The van der Waals surface area contributed by atoms with E-state index in [0.717, 1.165) is 0 Å². The third-order valence-corrected chi connectivity index (χ3v) is 4.90. The lowest BCUT2D eigenvalue weighted by Gasteiger charge is -2.18. The van der Waals surface area contributed by atoms with Gasteiger partial charge in [0.15, 0.2) is 0 Å². The molecule has 140 valence electrons. The van der Waals surface area contributed by atoms with Gasteiger partial charge in [0.05, 0.1) is 12.0 Å². The van der Waals surface area contributed by atoms with Gasteiger partial charge in [-0.05, 0) is 17.1 Å². The summed E-state index contributed by atoms with van der Waals surface area (Å²) in [5.41, 5.74) is -0.156. The van der Waals surface area contributed by atoms with Gasteiger partial charge in [0, 0.05) is 11.1 Å². The fourth-order valence-electron chi connectivity index (χ4n) is 3.13. The van der Waals surface area contributed by atoms with E-state index in [0.29, 0.717) is 11.4 Å². The minimum atomic E-state index is -0.641. The zero-order valence-electron chi connectivity index (χ0n) is 17.4. The van der Waals surface area contributed by atoms with Crippen molar-refractivity contribution in [2.75, 3.05) is 0 Å². The molecule has 12 heteroatoms. The summed E-state index contributed by atoms with van der Waals surface area (Å²) >= 11 is 0. The number of hydrogen-bond donors (Lipinski definition) is 3. The Bertz CT molecular complexity index is 1400. The van der Waals surface area contributed by atoms with Gasteiger partial charge < -0.3 is 15.0 Å². The van der Waals surface area contributed by atoms with E-state index >= 15 is 0 Å². The predicted octanol–water partition coefficient (Wildman–Crippen LogP) is -5.79. The number of nitrogens with one attached hydrogen (secondary N) is 3. The lowest BCUT2D eigenvalue weighted by molar-refractivity contribution is 0.571. The third kappa shape index (κ3) is 4.08. The van der Waals surface area contributed by atoms with Gasteiger partial charge >= 0.3 is 0 Å². The number of aromatic nitrogens is 4. The SMILES string of the molecule is [B]/C(c1nc[nH]c1C(C)(C)C)=c1/[nH]c(=O)/c(=C/c2c([B])c([B])c([B])c([B])c2[B])[nH]c1=O. The average Bonchev–Trinajstić information content (AvgIpc) is 3.20. The number of nitrogens with zero attached hydrogens (tertiary/aromatic N) is 1. The van der Waals surface area contributed by atoms with Crippen molar-refractivity contribution in [3.05, 3.63) is 54.7 Å². The van der Waals surface area contributed by atoms with Crippen LogP contribution in [0.1, 0.15) is 37.7 Å². The van der Waals surface area contributed by atoms with Crippen molar-refractivity contribution in [1.82, 2.24) is 19.9 Å². The summed E-state index contributed by atoms with van der Waals surface area (Å²) in [4.78, 5) is 37.6. The van der Waals surface area contributed by atoms with Crippen molar-refractivity contribution in [3.63, 3.8) is 0 Å². The first-order valence-electron chi connectivity index (χ1n) is 9.24. The molecule has 3 N–H and O–H groups in total. The number of rotatable bonds is 2. The molecule has 1 aromatic carbocycles. The zero-order chi connectivity index (χ0) is 23.2. The molecule has 0 saturated carbocycles. The van der Waals surface area contributed by atoms with Gasteiger partial charge in [0.1, 0.15) is 57.8 Å². The fraction of sp³-hybridized carbons (Fsp3) is 0.211. The average molecular weight is 395 g/mol. The van der Waals surface area contributed by atoms with Crippen LogP contribution < -0.4 is 49.1 Å². The van der Waals surface area contributed by atoms with E-state index in [-0.39, 0.29) is 54.5 Å². The van der Waals surface area contributed by atoms with E-state index in [1.165, 1.54) is 12.4 Å². The van der Waals surface area contributed by atoms with Gasteiger partial charge in [-0.2, -0.15) is 0 Å². The Morgan fingerprint density at radius 1 is 0.903 bits per heavy atom. The van der Waals surface area contributed by atoms with Gasteiger partial charge in [-0.3, -0.25) is 9.59 Å². The van der Waals surface area contributed by atoms with E-state index in [9.17, 15) is 9.59 Å². The molecule has 12 radical (unpaired) electrons. The Morgan fingerprint density at radius 3 is 2.00 bits per heavy atom. The smallest absolute Gasteiger partial charge is 0.272 e. The van der Waals surface area contributed by atoms with Crippen LogP contribution in [-0.4, -0.2) is 67.0 Å². The van der Waals surface area contributed by atoms with Crippen molar-refractivity contribution in [3.8, 4) is 0 Å². The molecule has 0 aliphatic rings. The Balaban J connectivity index is 2.30. The summed E-state index contributed by atoms with van der Waals surface area (Å²) in [6, 6.07) is 0. The third-order valence-electron chi connectivity index (χ3n) is 4.90. The van der Waals surface area contributed by atoms with Crippen LogP contribution in [0.2, 0.25) is 0 Å². The fourth-order valence-corrected chi connectivity index (χ4v) is 3.13. The van der Waals surface area contributed by atoms with Crippen molar-refractivity contribution in [1.29, 1.82) is 0 Å². The van der Waals surface area contributed by atoms with E-state index < -0.39 is 11.1 Å². The lowest BCUT2D eigenvalue weighted by Crippen LogP contribution is -2.56. The molecule has 31 heavy (non-hydrogen) atoms. The molecule has 0 saturated heterocycles. The largest absolute Gasteiger partial charge is 0.348 e. The van der Waals surface area contributed by atoms with Gasteiger partial charge in [-0.1, -0.05) is 31.7 Å². The molecule has 2 heterocycles. The number of imidazole rings is 1. The Morgan fingerprint density at radius 2 is 1.45 bits per heavy atom.